The van der Waals surface area contributed by atoms with E-state index < -0.39 is 0 Å². The molecule has 218 valence electrons. The van der Waals surface area contributed by atoms with E-state index in [1.54, 1.807) is 0 Å². The third-order valence-corrected chi connectivity index (χ3v) is 10.3. The number of imidazole rings is 1. The summed E-state index contributed by atoms with van der Waals surface area (Å²) in [5.41, 5.74) is 9.22. The van der Waals surface area contributed by atoms with E-state index in [0.717, 1.165) is 77.0 Å². The van der Waals surface area contributed by atoms with Crippen molar-refractivity contribution < 1.29 is 4.74 Å². The Hall–Kier alpha value is -3.56. The summed E-state index contributed by atoms with van der Waals surface area (Å²) in [6.45, 7) is 8.05. The molecule has 6 heterocycles. The van der Waals surface area contributed by atoms with Gasteiger partial charge in [0.1, 0.15) is 5.82 Å². The number of benzene rings is 1. The molecule has 8 nitrogen and oxygen atoms in total. The molecule has 2 saturated heterocycles. The number of aryl methyl sites for hydroxylation is 1. The molecule has 9 rings (SSSR count). The molecule has 2 saturated carbocycles. The van der Waals surface area contributed by atoms with Gasteiger partial charge in [-0.1, -0.05) is 0 Å². The average molecular weight is 637 g/mol. The summed E-state index contributed by atoms with van der Waals surface area (Å²) in [5.74, 6) is 2.31. The minimum atomic E-state index is 0.0383. The summed E-state index contributed by atoms with van der Waals surface area (Å²) < 4.78 is 8.79. The van der Waals surface area contributed by atoms with E-state index in [-0.39, 0.29) is 6.04 Å². The quantitative estimate of drug-likeness (QED) is 0.208. The highest BCUT2D eigenvalue weighted by Gasteiger charge is 2.50. The number of hydrogen-bond donors (Lipinski definition) is 1. The molecular formula is C34H34BrN7O. The van der Waals surface area contributed by atoms with Crippen LogP contribution in [0.4, 0.5) is 11.4 Å². The second-order valence-electron chi connectivity index (χ2n) is 13.3. The average Bonchev–Trinajstić information content (AvgIpc) is 3.88. The van der Waals surface area contributed by atoms with E-state index in [9.17, 15) is 0 Å². The van der Waals surface area contributed by atoms with Gasteiger partial charge in [-0.05, 0) is 96.9 Å². The summed E-state index contributed by atoms with van der Waals surface area (Å²) >= 11 is 3.76. The Morgan fingerprint density at radius 3 is 2.65 bits per heavy atom. The van der Waals surface area contributed by atoms with Gasteiger partial charge in [-0.3, -0.25) is 4.98 Å². The van der Waals surface area contributed by atoms with E-state index >= 15 is 0 Å². The fraction of sp³-hybridized carbons (Fsp3) is 0.412. The van der Waals surface area contributed by atoms with Gasteiger partial charge < -0.3 is 19.4 Å². The van der Waals surface area contributed by atoms with Gasteiger partial charge in [0.2, 0.25) is 0 Å². The zero-order valence-electron chi connectivity index (χ0n) is 24.4. The lowest BCUT2D eigenvalue weighted by molar-refractivity contribution is -0.126. The second-order valence-corrected chi connectivity index (χ2v) is 14.2. The van der Waals surface area contributed by atoms with Crippen LogP contribution >= 0.6 is 15.9 Å². The van der Waals surface area contributed by atoms with Crippen LogP contribution in [-0.4, -0.2) is 50.6 Å². The number of nitrogens with one attached hydrogen (secondary N) is 1. The highest BCUT2D eigenvalue weighted by Crippen LogP contribution is 2.54. The van der Waals surface area contributed by atoms with Crippen LogP contribution in [0.5, 0.6) is 0 Å². The molecule has 4 aromatic heterocycles. The summed E-state index contributed by atoms with van der Waals surface area (Å²) in [6, 6.07) is 13.2. The minimum absolute atomic E-state index is 0.0383. The standard InChI is InChI=1S/C34H34BrN7O/c1-19-7-8-36-32(37-19)26-11-25(26)29-12-31(42-15-34(16-42)17-43-18-34)24-6-5-23(10-28(24)39-29)38-20(2)30-14-41-13-22(21-3-4-21)9-27(35)33(41)40-30/h5-10,12-14,20-21,25-26,38H,3-4,11,15-18H2,1-2H3/t20?,25-,26-/m0/s1. The van der Waals surface area contributed by atoms with Crippen LogP contribution in [0, 0.1) is 12.3 Å². The number of anilines is 2. The lowest BCUT2D eigenvalue weighted by Gasteiger charge is -2.56. The normalized spacial score (nSPS) is 22.9. The first kappa shape index (κ1) is 25.9. The molecule has 4 fully saturated rings. The predicted molar refractivity (Wildman–Crippen MR) is 171 cm³/mol. The fourth-order valence-corrected chi connectivity index (χ4v) is 7.56. The van der Waals surface area contributed by atoms with Crippen molar-refractivity contribution in [3.05, 3.63) is 87.9 Å². The summed E-state index contributed by atoms with van der Waals surface area (Å²) in [4.78, 5) is 22.1. The molecule has 43 heavy (non-hydrogen) atoms. The summed E-state index contributed by atoms with van der Waals surface area (Å²) in [5, 5.41) is 4.91. The molecule has 1 spiro atoms. The Morgan fingerprint density at radius 1 is 1.02 bits per heavy atom. The smallest absolute Gasteiger partial charge is 0.151 e. The van der Waals surface area contributed by atoms with Crippen molar-refractivity contribution in [3.8, 4) is 0 Å². The summed E-state index contributed by atoms with van der Waals surface area (Å²) in [6.07, 6.45) is 9.88. The second kappa shape index (κ2) is 9.47. The zero-order chi connectivity index (χ0) is 28.9. The van der Waals surface area contributed by atoms with Crippen LogP contribution < -0.4 is 10.2 Å². The Morgan fingerprint density at radius 2 is 1.88 bits per heavy atom. The maximum absolute atomic E-state index is 5.56. The van der Waals surface area contributed by atoms with Gasteiger partial charge in [0.15, 0.2) is 5.65 Å². The molecular weight excluding hydrogens is 602 g/mol. The molecule has 9 heteroatoms. The first-order valence-electron chi connectivity index (χ1n) is 15.4. The highest BCUT2D eigenvalue weighted by molar-refractivity contribution is 9.10. The Balaban J connectivity index is 1.03. The predicted octanol–water partition coefficient (Wildman–Crippen LogP) is 6.90. The number of ether oxygens (including phenoxy) is 1. The van der Waals surface area contributed by atoms with E-state index in [2.05, 4.69) is 85.2 Å². The molecule has 0 bridgehead atoms. The van der Waals surface area contributed by atoms with Gasteiger partial charge in [0, 0.05) is 71.7 Å². The topological polar surface area (TPSA) is 80.5 Å². The molecule has 2 aliphatic carbocycles. The molecule has 0 radical (unpaired) electrons. The molecule has 1 N–H and O–H groups in total. The monoisotopic (exact) mass is 635 g/mol. The minimum Gasteiger partial charge on any atom is -0.380 e. The number of rotatable bonds is 7. The van der Waals surface area contributed by atoms with Crippen LogP contribution in [0.15, 0.2) is 59.5 Å². The first-order valence-corrected chi connectivity index (χ1v) is 16.2. The van der Waals surface area contributed by atoms with E-state index in [0.29, 0.717) is 23.2 Å². The van der Waals surface area contributed by atoms with Crippen molar-refractivity contribution in [1.29, 1.82) is 0 Å². The number of aromatic nitrogens is 5. The maximum atomic E-state index is 5.56. The van der Waals surface area contributed by atoms with Gasteiger partial charge in [-0.15, -0.1) is 0 Å². The fourth-order valence-electron chi connectivity index (χ4n) is 7.00. The van der Waals surface area contributed by atoms with E-state index in [4.69, 9.17) is 19.7 Å². The molecule has 2 aliphatic heterocycles. The van der Waals surface area contributed by atoms with E-state index in [1.165, 1.54) is 29.5 Å². The number of nitrogens with zero attached hydrogens (tertiary/aromatic N) is 6. The molecule has 0 amide bonds. The number of fused-ring (bicyclic) bond motifs is 2. The van der Waals surface area contributed by atoms with Crippen molar-refractivity contribution in [3.63, 3.8) is 0 Å². The van der Waals surface area contributed by atoms with Crippen molar-refractivity contribution in [1.82, 2.24) is 24.3 Å². The van der Waals surface area contributed by atoms with Gasteiger partial charge in [-0.25, -0.2) is 15.0 Å². The number of hydrogen-bond acceptors (Lipinski definition) is 7. The SMILES string of the molecule is Cc1ccnc([C@H]2C[C@@H]2c2cc(N3CC4(COC4)C3)c3ccc(NC(C)c4cn5cc(C6CC6)cc(Br)c5n4)cc3n2)n1. The molecule has 5 aromatic rings. The lowest BCUT2D eigenvalue weighted by atomic mass is 9.77. The van der Waals surface area contributed by atoms with Gasteiger partial charge in [-0.2, -0.15) is 0 Å². The Bertz CT molecular complexity index is 1900. The third kappa shape index (κ3) is 4.51. The van der Waals surface area contributed by atoms with E-state index in [1.807, 2.05) is 19.2 Å². The molecule has 1 unspecified atom stereocenters. The lowest BCUT2D eigenvalue weighted by Crippen LogP contribution is -2.66. The van der Waals surface area contributed by atoms with Crippen LogP contribution in [0.1, 0.15) is 78.5 Å². The van der Waals surface area contributed by atoms with Crippen molar-refractivity contribution in [2.24, 2.45) is 5.41 Å². The third-order valence-electron chi connectivity index (χ3n) is 9.75. The van der Waals surface area contributed by atoms with Gasteiger partial charge in [0.05, 0.1) is 40.4 Å². The molecule has 1 aromatic carbocycles. The highest BCUT2D eigenvalue weighted by atomic mass is 79.9. The largest absolute Gasteiger partial charge is 0.380 e. The zero-order valence-corrected chi connectivity index (χ0v) is 26.0. The van der Waals surface area contributed by atoms with Crippen molar-refractivity contribution >= 4 is 43.9 Å². The number of halogens is 1. The summed E-state index contributed by atoms with van der Waals surface area (Å²) in [7, 11) is 0. The van der Waals surface area contributed by atoms with Gasteiger partial charge >= 0.3 is 0 Å². The van der Waals surface area contributed by atoms with Crippen LogP contribution in [0.25, 0.3) is 16.6 Å². The first-order chi connectivity index (χ1) is 20.9. The van der Waals surface area contributed by atoms with Crippen LogP contribution in [0.3, 0.4) is 0 Å². The number of pyridine rings is 2. The molecule has 3 atom stereocenters. The maximum Gasteiger partial charge on any atom is 0.151 e. The van der Waals surface area contributed by atoms with Crippen molar-refractivity contribution in [2.75, 3.05) is 36.5 Å². The van der Waals surface area contributed by atoms with Gasteiger partial charge in [0.25, 0.3) is 0 Å². The van der Waals surface area contributed by atoms with Crippen LogP contribution in [0.2, 0.25) is 0 Å². The Kier molecular flexibility index (Phi) is 5.70. The molecule has 4 aliphatic rings. The van der Waals surface area contributed by atoms with Crippen LogP contribution in [-0.2, 0) is 4.74 Å². The Labute approximate surface area is 259 Å². The van der Waals surface area contributed by atoms with Crippen molar-refractivity contribution in [2.45, 2.75) is 56.9 Å².